The molecule has 0 unspecified atom stereocenters. The normalized spacial score (nSPS) is 12.2. The summed E-state index contributed by atoms with van der Waals surface area (Å²) in [5, 5.41) is 0. The van der Waals surface area contributed by atoms with Gasteiger partial charge in [0.25, 0.3) is 0 Å². The van der Waals surface area contributed by atoms with Gasteiger partial charge in [-0.3, -0.25) is 4.79 Å². The third-order valence-electron chi connectivity index (χ3n) is 2.46. The van der Waals surface area contributed by atoms with Crippen LogP contribution in [0.5, 0.6) is 5.75 Å². The van der Waals surface area contributed by atoms with Gasteiger partial charge in [-0.05, 0) is 30.7 Å². The number of carbonyl (C=O) groups excluding carboxylic acids is 2. The molecule has 22 heavy (non-hydrogen) atoms. The minimum atomic E-state index is -4.64. The number of Topliss-reactive ketones (excluding diaryl/α,β-unsaturated/α-hetero) is 1. The molecule has 1 aromatic rings. The van der Waals surface area contributed by atoms with E-state index in [9.17, 15) is 27.2 Å². The summed E-state index contributed by atoms with van der Waals surface area (Å²) < 4.78 is 58.1. The Morgan fingerprint density at radius 2 is 1.91 bits per heavy atom. The number of halogens is 4. The molecule has 0 aliphatic heterocycles. The van der Waals surface area contributed by atoms with E-state index >= 15 is 0 Å². The van der Waals surface area contributed by atoms with Crippen molar-refractivity contribution in [2.24, 2.45) is 0 Å². The van der Waals surface area contributed by atoms with E-state index in [1.54, 1.807) is 0 Å². The largest absolute Gasteiger partial charge is 0.465 e. The van der Waals surface area contributed by atoms with E-state index in [0.29, 0.717) is 0 Å². The zero-order valence-corrected chi connectivity index (χ0v) is 11.6. The average Bonchev–Trinajstić information content (AvgIpc) is 2.43. The number of ketones is 1. The number of hydrogen-bond acceptors (Lipinski definition) is 4. The van der Waals surface area contributed by atoms with Crippen LogP contribution in [0, 0.1) is 0 Å². The average molecular weight is 320 g/mol. The van der Waals surface area contributed by atoms with Gasteiger partial charge in [-0.2, -0.15) is 17.6 Å². The minimum absolute atomic E-state index is 0.137. The van der Waals surface area contributed by atoms with E-state index in [1.165, 1.54) is 12.1 Å². The molecule has 0 heterocycles. The smallest absolute Gasteiger partial charge is 0.461 e. The Kier molecular flexibility index (Phi) is 5.67. The van der Waals surface area contributed by atoms with Crippen LogP contribution in [0.1, 0.15) is 12.5 Å². The van der Waals surface area contributed by atoms with Crippen molar-refractivity contribution in [2.45, 2.75) is 19.5 Å². The molecule has 0 aliphatic carbocycles. The predicted octanol–water partition coefficient (Wildman–Crippen LogP) is 3.07. The summed E-state index contributed by atoms with van der Waals surface area (Å²) >= 11 is 0. The third-order valence-corrected chi connectivity index (χ3v) is 2.46. The van der Waals surface area contributed by atoms with Crippen molar-refractivity contribution in [3.8, 4) is 5.75 Å². The van der Waals surface area contributed by atoms with Crippen molar-refractivity contribution in [3.63, 3.8) is 0 Å². The Bertz CT molecular complexity index is 596. The number of methoxy groups -OCH3 is 1. The second-order valence-corrected chi connectivity index (χ2v) is 4.14. The summed E-state index contributed by atoms with van der Waals surface area (Å²) in [6.07, 6.45) is -7.55. The zero-order chi connectivity index (χ0) is 16.9. The first kappa shape index (κ1) is 17.7. The molecule has 8 heteroatoms. The van der Waals surface area contributed by atoms with Gasteiger partial charge < -0.3 is 9.47 Å². The van der Waals surface area contributed by atoms with Crippen LogP contribution in [0.4, 0.5) is 17.6 Å². The lowest BCUT2D eigenvalue weighted by atomic mass is 10.1. The van der Waals surface area contributed by atoms with Gasteiger partial charge in [0, 0.05) is 0 Å². The fourth-order valence-electron chi connectivity index (χ4n) is 1.45. The van der Waals surface area contributed by atoms with Gasteiger partial charge in [-0.1, -0.05) is 12.1 Å². The maximum Gasteiger partial charge on any atom is 0.461 e. The Balaban J connectivity index is 3.11. The second kappa shape index (κ2) is 7.06. The molecule has 0 amide bonds. The quantitative estimate of drug-likeness (QED) is 0.266. The molecule has 0 saturated heterocycles. The predicted molar refractivity (Wildman–Crippen MR) is 68.7 cm³/mol. The molecular weight excluding hydrogens is 308 g/mol. The van der Waals surface area contributed by atoms with Crippen molar-refractivity contribution >= 4 is 17.8 Å². The van der Waals surface area contributed by atoms with Crippen LogP contribution >= 0.6 is 0 Å². The lowest BCUT2D eigenvalue weighted by Crippen LogP contribution is -2.33. The third kappa shape index (κ3) is 4.57. The number of esters is 1. The van der Waals surface area contributed by atoms with Gasteiger partial charge in [0.15, 0.2) is 5.78 Å². The number of alkyl halides is 4. The molecular formula is C14H12F4O4. The monoisotopic (exact) mass is 320 g/mol. The zero-order valence-electron chi connectivity index (χ0n) is 11.6. The molecule has 0 N–H and O–H groups in total. The Hall–Kier alpha value is -2.38. The van der Waals surface area contributed by atoms with Gasteiger partial charge in [0.2, 0.25) is 0 Å². The highest BCUT2D eigenvalue weighted by Crippen LogP contribution is 2.28. The molecule has 120 valence electrons. The SMILES string of the molecule is COC(=O)C(=Cc1cccc(OC(F)(F)C(F)F)c1)C(C)=O. The van der Waals surface area contributed by atoms with Gasteiger partial charge in [0.05, 0.1) is 7.11 Å². The molecule has 0 spiro atoms. The summed E-state index contributed by atoms with van der Waals surface area (Å²) in [6.45, 7) is 1.12. The highest BCUT2D eigenvalue weighted by molar-refractivity contribution is 6.19. The Morgan fingerprint density at radius 3 is 2.41 bits per heavy atom. The topological polar surface area (TPSA) is 52.6 Å². The molecule has 0 radical (unpaired) electrons. The number of hydrogen-bond donors (Lipinski definition) is 0. The molecule has 0 bridgehead atoms. The minimum Gasteiger partial charge on any atom is -0.465 e. The first-order valence-electron chi connectivity index (χ1n) is 5.93. The molecule has 1 aromatic carbocycles. The van der Waals surface area contributed by atoms with Crippen LogP contribution in [0.3, 0.4) is 0 Å². The Morgan fingerprint density at radius 1 is 1.27 bits per heavy atom. The van der Waals surface area contributed by atoms with E-state index in [-0.39, 0.29) is 11.1 Å². The van der Waals surface area contributed by atoms with E-state index in [1.807, 2.05) is 0 Å². The van der Waals surface area contributed by atoms with Crippen molar-refractivity contribution in [2.75, 3.05) is 7.11 Å². The first-order chi connectivity index (χ1) is 10.2. The fourth-order valence-corrected chi connectivity index (χ4v) is 1.45. The second-order valence-electron chi connectivity index (χ2n) is 4.14. The summed E-state index contributed by atoms with van der Waals surface area (Å²) in [4.78, 5) is 22.7. The van der Waals surface area contributed by atoms with Crippen molar-refractivity contribution in [1.82, 2.24) is 0 Å². The van der Waals surface area contributed by atoms with Gasteiger partial charge in [-0.15, -0.1) is 0 Å². The first-order valence-corrected chi connectivity index (χ1v) is 5.93. The van der Waals surface area contributed by atoms with Crippen molar-refractivity contribution in [1.29, 1.82) is 0 Å². The van der Waals surface area contributed by atoms with E-state index < -0.39 is 30.0 Å². The van der Waals surface area contributed by atoms with Crippen LogP contribution in [0.15, 0.2) is 29.8 Å². The fraction of sp³-hybridized carbons (Fsp3) is 0.286. The van der Waals surface area contributed by atoms with Crippen LogP contribution in [-0.2, 0) is 14.3 Å². The van der Waals surface area contributed by atoms with E-state index in [0.717, 1.165) is 32.2 Å². The summed E-state index contributed by atoms with van der Waals surface area (Å²) in [5.74, 6) is -2.04. The number of carbonyl (C=O) groups is 2. The molecule has 0 aromatic heterocycles. The van der Waals surface area contributed by atoms with Gasteiger partial charge >= 0.3 is 18.5 Å². The summed E-state index contributed by atoms with van der Waals surface area (Å²) in [5.41, 5.74) is -0.182. The number of ether oxygens (including phenoxy) is 2. The summed E-state index contributed by atoms with van der Waals surface area (Å²) in [6, 6.07) is 4.65. The van der Waals surface area contributed by atoms with E-state index in [2.05, 4.69) is 9.47 Å². The lowest BCUT2D eigenvalue weighted by molar-refractivity contribution is -0.253. The van der Waals surface area contributed by atoms with Crippen LogP contribution in [-0.4, -0.2) is 31.4 Å². The van der Waals surface area contributed by atoms with E-state index in [4.69, 9.17) is 0 Å². The molecule has 0 aliphatic rings. The molecule has 1 rings (SSSR count). The molecule has 4 nitrogen and oxygen atoms in total. The van der Waals surface area contributed by atoms with Crippen molar-refractivity contribution < 1.29 is 36.6 Å². The van der Waals surface area contributed by atoms with Crippen LogP contribution < -0.4 is 4.74 Å². The number of rotatable bonds is 6. The molecule has 0 atom stereocenters. The lowest BCUT2D eigenvalue weighted by Gasteiger charge is -2.16. The van der Waals surface area contributed by atoms with Gasteiger partial charge in [-0.25, -0.2) is 4.79 Å². The van der Waals surface area contributed by atoms with Crippen LogP contribution in [0.2, 0.25) is 0 Å². The van der Waals surface area contributed by atoms with Gasteiger partial charge in [0.1, 0.15) is 11.3 Å². The highest BCUT2D eigenvalue weighted by Gasteiger charge is 2.43. The molecule has 0 fully saturated rings. The maximum absolute atomic E-state index is 12.8. The Labute approximate surface area is 123 Å². The van der Waals surface area contributed by atoms with Crippen LogP contribution in [0.25, 0.3) is 6.08 Å². The maximum atomic E-state index is 12.8. The summed E-state index contributed by atoms with van der Waals surface area (Å²) in [7, 11) is 1.07. The standard InChI is InChI=1S/C14H12F4O4/c1-8(19)11(12(20)21-2)7-9-4-3-5-10(6-9)22-14(17,18)13(15)16/h3-7,13H,1-2H3. The highest BCUT2D eigenvalue weighted by atomic mass is 19.3. The molecule has 0 saturated carbocycles. The van der Waals surface area contributed by atoms with Crippen molar-refractivity contribution in [3.05, 3.63) is 35.4 Å². The number of benzene rings is 1.